The summed E-state index contributed by atoms with van der Waals surface area (Å²) in [6, 6.07) is 12.7. The molecule has 0 spiro atoms. The topological polar surface area (TPSA) is 95.2 Å². The van der Waals surface area contributed by atoms with Crippen LogP contribution in [0.1, 0.15) is 34.5 Å². The maximum Gasteiger partial charge on any atom is 0.352 e. The van der Waals surface area contributed by atoms with E-state index in [1.807, 2.05) is 6.92 Å². The first-order chi connectivity index (χ1) is 15.4. The number of nitrogens with one attached hydrogen (secondary N) is 1. The van der Waals surface area contributed by atoms with Gasteiger partial charge in [-0.25, -0.2) is 9.18 Å². The predicted octanol–water partition coefficient (Wildman–Crippen LogP) is 1.80. The minimum absolute atomic E-state index is 0.123. The van der Waals surface area contributed by atoms with Gasteiger partial charge in [0.2, 0.25) is 5.69 Å². The van der Waals surface area contributed by atoms with Crippen LogP contribution in [0.25, 0.3) is 5.69 Å². The van der Waals surface area contributed by atoms with Gasteiger partial charge in [0, 0.05) is 18.7 Å². The molecule has 0 saturated carbocycles. The van der Waals surface area contributed by atoms with Crippen molar-refractivity contribution in [2.24, 2.45) is 0 Å². The number of hydrogen-bond acceptors (Lipinski definition) is 5. The first-order valence-corrected chi connectivity index (χ1v) is 10.4. The number of aromatic nitrogens is 3. The van der Waals surface area contributed by atoms with E-state index >= 15 is 0 Å². The maximum atomic E-state index is 14.2. The van der Waals surface area contributed by atoms with E-state index in [-0.39, 0.29) is 24.8 Å². The Kier molecular flexibility index (Phi) is 6.27. The largest absolute Gasteiger partial charge is 0.376 e. The van der Waals surface area contributed by atoms with E-state index in [1.54, 1.807) is 30.3 Å². The Morgan fingerprint density at radius 2 is 1.94 bits per heavy atom. The summed E-state index contributed by atoms with van der Waals surface area (Å²) in [4.78, 5) is 39.0. The molecule has 1 fully saturated rings. The minimum Gasteiger partial charge on any atom is -0.376 e. The molecule has 3 aromatic rings. The second kappa shape index (κ2) is 9.27. The molecule has 1 atom stereocenters. The number of rotatable bonds is 6. The summed E-state index contributed by atoms with van der Waals surface area (Å²) in [6.45, 7) is 2.43. The zero-order valence-electron chi connectivity index (χ0n) is 17.6. The Balaban J connectivity index is 1.77. The van der Waals surface area contributed by atoms with Crippen molar-refractivity contribution in [1.82, 2.24) is 19.7 Å². The third-order valence-electron chi connectivity index (χ3n) is 5.35. The average Bonchev–Trinajstić information content (AvgIpc) is 3.31. The highest BCUT2D eigenvalue weighted by Gasteiger charge is 2.23. The van der Waals surface area contributed by atoms with Crippen molar-refractivity contribution in [3.8, 4) is 5.69 Å². The van der Waals surface area contributed by atoms with Gasteiger partial charge in [0.1, 0.15) is 5.82 Å². The Labute approximate surface area is 183 Å². The van der Waals surface area contributed by atoms with Gasteiger partial charge < -0.3 is 10.1 Å². The van der Waals surface area contributed by atoms with E-state index < -0.39 is 28.7 Å². The summed E-state index contributed by atoms with van der Waals surface area (Å²) in [5.41, 5.74) is -0.588. The van der Waals surface area contributed by atoms with Gasteiger partial charge in [0.15, 0.2) is 0 Å². The van der Waals surface area contributed by atoms with Crippen molar-refractivity contribution >= 4 is 5.91 Å². The fraction of sp³-hybridized carbons (Fsp3) is 0.304. The summed E-state index contributed by atoms with van der Waals surface area (Å²) in [5, 5.41) is 6.73. The summed E-state index contributed by atoms with van der Waals surface area (Å²) in [6.07, 6.45) is 1.60. The van der Waals surface area contributed by atoms with Crippen LogP contribution in [0.4, 0.5) is 4.39 Å². The number of hydrogen-bond donors (Lipinski definition) is 1. The second-order valence-corrected chi connectivity index (χ2v) is 7.71. The molecule has 4 rings (SSSR count). The summed E-state index contributed by atoms with van der Waals surface area (Å²) >= 11 is 0. The Morgan fingerprint density at radius 1 is 1.19 bits per heavy atom. The standard InChI is InChI=1S/C23H23FN4O4/c1-15-8-10-17(11-9-15)28-23(31)27(14-16-5-2-3-7-19(16)24)22(30)20(26-28)21(29)25-13-18-6-4-12-32-18/h2-3,5,7-11,18H,4,6,12-14H2,1H3,(H,25,29)/t18-/m1/s1. The van der Waals surface area contributed by atoms with Crippen molar-refractivity contribution in [2.45, 2.75) is 32.4 Å². The molecule has 1 aromatic heterocycles. The molecule has 0 bridgehead atoms. The van der Waals surface area contributed by atoms with Gasteiger partial charge in [0.05, 0.1) is 18.3 Å². The number of benzene rings is 2. The van der Waals surface area contributed by atoms with Crippen LogP contribution >= 0.6 is 0 Å². The first-order valence-electron chi connectivity index (χ1n) is 10.4. The van der Waals surface area contributed by atoms with Crippen molar-refractivity contribution in [2.75, 3.05) is 13.2 Å². The highest BCUT2D eigenvalue weighted by molar-refractivity contribution is 5.91. The molecule has 1 saturated heterocycles. The Morgan fingerprint density at radius 3 is 2.62 bits per heavy atom. The smallest absolute Gasteiger partial charge is 0.352 e. The summed E-state index contributed by atoms with van der Waals surface area (Å²) in [7, 11) is 0. The molecular formula is C23H23FN4O4. The van der Waals surface area contributed by atoms with Gasteiger partial charge in [-0.3, -0.25) is 14.2 Å². The number of halogens is 1. The number of amides is 1. The molecule has 1 amide bonds. The van der Waals surface area contributed by atoms with Crippen LogP contribution in [0, 0.1) is 12.7 Å². The van der Waals surface area contributed by atoms with Gasteiger partial charge in [0.25, 0.3) is 11.5 Å². The molecule has 1 aliphatic heterocycles. The quantitative estimate of drug-likeness (QED) is 0.633. The van der Waals surface area contributed by atoms with E-state index in [0.29, 0.717) is 12.3 Å². The zero-order valence-corrected chi connectivity index (χ0v) is 17.6. The summed E-state index contributed by atoms with van der Waals surface area (Å²) < 4.78 is 21.5. The van der Waals surface area contributed by atoms with E-state index in [9.17, 15) is 18.8 Å². The van der Waals surface area contributed by atoms with E-state index in [1.165, 1.54) is 18.2 Å². The van der Waals surface area contributed by atoms with Gasteiger partial charge in [-0.2, -0.15) is 9.78 Å². The molecule has 2 heterocycles. The molecule has 1 aliphatic rings. The third kappa shape index (κ3) is 4.52. The van der Waals surface area contributed by atoms with Gasteiger partial charge >= 0.3 is 5.69 Å². The molecule has 32 heavy (non-hydrogen) atoms. The highest BCUT2D eigenvalue weighted by atomic mass is 19.1. The van der Waals surface area contributed by atoms with Crippen LogP contribution < -0.4 is 16.6 Å². The van der Waals surface area contributed by atoms with E-state index in [4.69, 9.17) is 4.74 Å². The minimum atomic E-state index is -0.883. The molecule has 9 heteroatoms. The maximum absolute atomic E-state index is 14.2. The first kappa shape index (κ1) is 21.6. The van der Waals surface area contributed by atoms with Crippen LogP contribution in [0.3, 0.4) is 0 Å². The molecule has 2 aromatic carbocycles. The Bertz CT molecular complexity index is 1240. The van der Waals surface area contributed by atoms with Gasteiger partial charge in [-0.1, -0.05) is 35.9 Å². The van der Waals surface area contributed by atoms with E-state index in [0.717, 1.165) is 27.7 Å². The fourth-order valence-electron chi connectivity index (χ4n) is 3.54. The van der Waals surface area contributed by atoms with Crippen molar-refractivity contribution < 1.29 is 13.9 Å². The normalized spacial score (nSPS) is 15.6. The fourth-order valence-corrected chi connectivity index (χ4v) is 3.54. The van der Waals surface area contributed by atoms with Crippen molar-refractivity contribution in [1.29, 1.82) is 0 Å². The lowest BCUT2D eigenvalue weighted by atomic mass is 10.2. The molecule has 0 radical (unpaired) electrons. The monoisotopic (exact) mass is 438 g/mol. The lowest BCUT2D eigenvalue weighted by molar-refractivity contribution is 0.0849. The van der Waals surface area contributed by atoms with Crippen LogP contribution in [-0.2, 0) is 11.3 Å². The predicted molar refractivity (Wildman–Crippen MR) is 116 cm³/mol. The van der Waals surface area contributed by atoms with Crippen molar-refractivity contribution in [3.63, 3.8) is 0 Å². The van der Waals surface area contributed by atoms with E-state index in [2.05, 4.69) is 10.4 Å². The summed E-state index contributed by atoms with van der Waals surface area (Å²) in [5.74, 6) is -1.27. The lowest BCUT2D eigenvalue weighted by Gasteiger charge is -2.14. The number of aryl methyl sites for hydroxylation is 1. The zero-order chi connectivity index (χ0) is 22.7. The molecular weight excluding hydrogens is 415 g/mol. The number of nitrogens with zero attached hydrogens (tertiary/aromatic N) is 3. The molecule has 0 aliphatic carbocycles. The lowest BCUT2D eigenvalue weighted by Crippen LogP contribution is -2.46. The number of carbonyl (C=O) groups excluding carboxylic acids is 1. The van der Waals surface area contributed by atoms with Crippen molar-refractivity contribution in [3.05, 3.63) is 92.0 Å². The Hall–Kier alpha value is -3.59. The SMILES string of the molecule is Cc1ccc(-n2nc(C(=O)NC[C@H]3CCCO3)c(=O)n(Cc3ccccc3F)c2=O)cc1. The van der Waals surface area contributed by atoms with Gasteiger partial charge in [-0.05, 0) is 38.0 Å². The number of ether oxygens (including phenoxy) is 1. The van der Waals surface area contributed by atoms with Crippen LogP contribution in [0.2, 0.25) is 0 Å². The van der Waals surface area contributed by atoms with Crippen LogP contribution in [0.5, 0.6) is 0 Å². The third-order valence-corrected chi connectivity index (χ3v) is 5.35. The highest BCUT2D eigenvalue weighted by Crippen LogP contribution is 2.11. The number of carbonyl (C=O) groups is 1. The average molecular weight is 438 g/mol. The van der Waals surface area contributed by atoms with Gasteiger partial charge in [-0.15, -0.1) is 0 Å². The van der Waals surface area contributed by atoms with Crippen LogP contribution in [-0.4, -0.2) is 39.5 Å². The van der Waals surface area contributed by atoms with Crippen LogP contribution in [0.15, 0.2) is 58.1 Å². The molecule has 166 valence electrons. The second-order valence-electron chi connectivity index (χ2n) is 7.71. The molecule has 1 N–H and O–H groups in total. The molecule has 8 nitrogen and oxygen atoms in total. The molecule has 0 unspecified atom stereocenters.